The van der Waals surface area contributed by atoms with E-state index in [0.29, 0.717) is 18.9 Å². The molecule has 3 atom stereocenters. The van der Waals surface area contributed by atoms with E-state index in [1.54, 1.807) is 0 Å². The number of carbonyl (C=O) groups excluding carboxylic acids is 1. The number of hydrogen-bond donors (Lipinski definition) is 0. The van der Waals surface area contributed by atoms with Crippen molar-refractivity contribution in [3.05, 3.63) is 0 Å². The van der Waals surface area contributed by atoms with Crippen LogP contribution in [0, 0.1) is 11.8 Å². The SMILES string of the molecule is CCCCCC(CCCCC)CCOC(=O)CCCCCCCC(CCCCCCCC(=S)OCCC(CCCCC)CCCCC)OC1OC1CCCN(C)C. The largest absolute Gasteiger partial charge is 0.487 e. The van der Waals surface area contributed by atoms with Crippen LogP contribution in [0.1, 0.15) is 246 Å². The van der Waals surface area contributed by atoms with Gasteiger partial charge in [-0.05, 0) is 96.1 Å². The van der Waals surface area contributed by atoms with Gasteiger partial charge in [0.1, 0.15) is 6.10 Å². The van der Waals surface area contributed by atoms with Gasteiger partial charge in [-0.1, -0.05) is 182 Å². The summed E-state index contributed by atoms with van der Waals surface area (Å²) in [4.78, 5) is 14.7. The van der Waals surface area contributed by atoms with E-state index in [-0.39, 0.29) is 24.5 Å². The van der Waals surface area contributed by atoms with E-state index in [9.17, 15) is 4.79 Å². The standard InChI is InChI=1S/C50H97NO5S/c1-7-11-21-30-44(31-22-12-8-2)39-42-53-48(52)37-27-19-15-17-25-34-46(55-50-47(56-50)36-29-41-51(5)6)35-26-18-16-20-28-38-49(57)54-43-40-45(32-23-13-9-3)33-24-14-10-4/h44-47,50H,7-43H2,1-6H3. The van der Waals surface area contributed by atoms with E-state index in [2.05, 4.69) is 46.7 Å². The zero-order valence-electron chi connectivity index (χ0n) is 38.9. The van der Waals surface area contributed by atoms with E-state index in [1.165, 1.54) is 148 Å². The molecule has 0 aliphatic carbocycles. The van der Waals surface area contributed by atoms with Gasteiger partial charge in [0.05, 0.1) is 19.3 Å². The van der Waals surface area contributed by atoms with Crippen molar-refractivity contribution < 1.29 is 23.7 Å². The molecule has 0 bridgehead atoms. The van der Waals surface area contributed by atoms with Crippen molar-refractivity contribution in [2.24, 2.45) is 11.8 Å². The number of epoxide rings is 1. The van der Waals surface area contributed by atoms with Gasteiger partial charge in [0.25, 0.3) is 0 Å². The predicted molar refractivity (Wildman–Crippen MR) is 248 cm³/mol. The molecule has 0 aromatic carbocycles. The highest BCUT2D eigenvalue weighted by atomic mass is 32.1. The first kappa shape index (κ1) is 54.3. The molecule has 57 heavy (non-hydrogen) atoms. The first-order valence-electron chi connectivity index (χ1n) is 25.1. The van der Waals surface area contributed by atoms with E-state index in [4.69, 9.17) is 31.2 Å². The minimum Gasteiger partial charge on any atom is -0.487 e. The summed E-state index contributed by atoms with van der Waals surface area (Å²) in [6, 6.07) is 0. The Morgan fingerprint density at radius 3 is 1.47 bits per heavy atom. The predicted octanol–water partition coefficient (Wildman–Crippen LogP) is 15.1. The van der Waals surface area contributed by atoms with Crippen LogP contribution in [0.2, 0.25) is 0 Å². The zero-order valence-corrected chi connectivity index (χ0v) is 39.8. The van der Waals surface area contributed by atoms with Crippen LogP contribution in [0.25, 0.3) is 0 Å². The average Bonchev–Trinajstić information content (AvgIpc) is 3.93. The summed E-state index contributed by atoms with van der Waals surface area (Å²) in [6.07, 6.45) is 41.4. The lowest BCUT2D eigenvalue weighted by Crippen LogP contribution is -2.17. The van der Waals surface area contributed by atoms with Gasteiger partial charge in [0.2, 0.25) is 0 Å². The highest BCUT2D eigenvalue weighted by Gasteiger charge is 2.40. The molecule has 3 unspecified atom stereocenters. The smallest absolute Gasteiger partial charge is 0.305 e. The second-order valence-corrected chi connectivity index (χ2v) is 18.5. The van der Waals surface area contributed by atoms with Crippen LogP contribution in [-0.2, 0) is 23.7 Å². The first-order chi connectivity index (χ1) is 27.8. The number of esters is 1. The van der Waals surface area contributed by atoms with Crippen molar-refractivity contribution in [2.75, 3.05) is 33.9 Å². The number of ether oxygens (including phenoxy) is 4. The average molecular weight is 824 g/mol. The van der Waals surface area contributed by atoms with Gasteiger partial charge in [-0.3, -0.25) is 4.79 Å². The van der Waals surface area contributed by atoms with E-state index >= 15 is 0 Å². The maximum atomic E-state index is 12.4. The summed E-state index contributed by atoms with van der Waals surface area (Å²) in [5.41, 5.74) is 0. The summed E-state index contributed by atoms with van der Waals surface area (Å²) in [5.74, 6) is 1.51. The second kappa shape index (κ2) is 39.4. The summed E-state index contributed by atoms with van der Waals surface area (Å²) in [5, 5.41) is 0.823. The molecule has 1 aliphatic heterocycles. The molecule has 338 valence electrons. The Hall–Kier alpha value is -0.760. The molecule has 0 aromatic heterocycles. The monoisotopic (exact) mass is 824 g/mol. The van der Waals surface area contributed by atoms with E-state index in [0.717, 1.165) is 88.3 Å². The van der Waals surface area contributed by atoms with Crippen molar-refractivity contribution in [1.82, 2.24) is 4.90 Å². The van der Waals surface area contributed by atoms with Crippen molar-refractivity contribution in [2.45, 2.75) is 265 Å². The maximum Gasteiger partial charge on any atom is 0.305 e. The van der Waals surface area contributed by atoms with Crippen LogP contribution >= 0.6 is 12.2 Å². The third-order valence-corrected chi connectivity index (χ3v) is 12.5. The fraction of sp³-hybridized carbons (Fsp3) is 0.960. The molecule has 0 amide bonds. The first-order valence-corrected chi connectivity index (χ1v) is 25.5. The number of nitrogens with zero attached hydrogens (tertiary/aromatic N) is 1. The number of unbranched alkanes of at least 4 members (excludes halogenated alkanes) is 16. The lowest BCUT2D eigenvalue weighted by Gasteiger charge is -2.17. The number of hydrogen-bond acceptors (Lipinski definition) is 7. The van der Waals surface area contributed by atoms with Crippen molar-refractivity contribution in [3.8, 4) is 0 Å². The van der Waals surface area contributed by atoms with Crippen LogP contribution in [0.3, 0.4) is 0 Å². The van der Waals surface area contributed by atoms with Crippen LogP contribution < -0.4 is 0 Å². The Bertz CT molecular complexity index is 826. The quantitative estimate of drug-likeness (QED) is 0.0262. The molecule has 0 spiro atoms. The molecular weight excluding hydrogens is 727 g/mol. The third kappa shape index (κ3) is 34.6. The zero-order chi connectivity index (χ0) is 41.6. The summed E-state index contributed by atoms with van der Waals surface area (Å²) in [6.45, 7) is 11.6. The summed E-state index contributed by atoms with van der Waals surface area (Å²) in [7, 11) is 4.27. The maximum absolute atomic E-state index is 12.4. The van der Waals surface area contributed by atoms with Gasteiger partial charge >= 0.3 is 5.97 Å². The lowest BCUT2D eigenvalue weighted by atomic mass is 9.92. The molecular formula is C50H97NO5S. The molecule has 1 rings (SSSR count). The Morgan fingerprint density at radius 2 is 0.982 bits per heavy atom. The molecule has 1 aliphatic rings. The number of thiocarbonyl (C=S) groups is 1. The van der Waals surface area contributed by atoms with Gasteiger partial charge in [-0.15, -0.1) is 0 Å². The Labute approximate surface area is 360 Å². The highest BCUT2D eigenvalue weighted by Crippen LogP contribution is 2.31. The van der Waals surface area contributed by atoms with Crippen molar-refractivity contribution in [3.63, 3.8) is 0 Å². The molecule has 0 N–H and O–H groups in total. The van der Waals surface area contributed by atoms with Gasteiger partial charge in [0, 0.05) is 12.8 Å². The lowest BCUT2D eigenvalue weighted by molar-refractivity contribution is -0.144. The third-order valence-electron chi connectivity index (χ3n) is 12.2. The number of carbonyl (C=O) groups is 1. The fourth-order valence-corrected chi connectivity index (χ4v) is 8.52. The molecule has 7 heteroatoms. The number of rotatable bonds is 44. The van der Waals surface area contributed by atoms with Crippen LogP contribution in [-0.4, -0.2) is 68.3 Å². The molecule has 6 nitrogen and oxygen atoms in total. The van der Waals surface area contributed by atoms with Crippen LogP contribution in [0.15, 0.2) is 0 Å². The topological polar surface area (TPSA) is 60.5 Å². The summed E-state index contributed by atoms with van der Waals surface area (Å²) < 4.78 is 24.2. The highest BCUT2D eigenvalue weighted by molar-refractivity contribution is 7.80. The Kier molecular flexibility index (Phi) is 37.5. The Balaban J connectivity index is 2.28. The van der Waals surface area contributed by atoms with Crippen LogP contribution in [0.4, 0.5) is 0 Å². The molecule has 1 fully saturated rings. The van der Waals surface area contributed by atoms with Crippen molar-refractivity contribution in [1.29, 1.82) is 0 Å². The second-order valence-electron chi connectivity index (χ2n) is 18.1. The van der Waals surface area contributed by atoms with Crippen molar-refractivity contribution >= 4 is 23.2 Å². The van der Waals surface area contributed by atoms with Crippen LogP contribution in [0.5, 0.6) is 0 Å². The molecule has 0 radical (unpaired) electrons. The van der Waals surface area contributed by atoms with Gasteiger partial charge in [0.15, 0.2) is 11.3 Å². The Morgan fingerprint density at radius 1 is 0.544 bits per heavy atom. The van der Waals surface area contributed by atoms with E-state index < -0.39 is 0 Å². The van der Waals surface area contributed by atoms with Gasteiger partial charge in [-0.2, -0.15) is 0 Å². The minimum atomic E-state index is -0.00453. The normalized spacial score (nSPS) is 15.9. The van der Waals surface area contributed by atoms with E-state index in [1.807, 2.05) is 0 Å². The molecule has 0 aromatic rings. The molecule has 1 heterocycles. The summed E-state index contributed by atoms with van der Waals surface area (Å²) >= 11 is 5.61. The molecule has 0 saturated carbocycles. The van der Waals surface area contributed by atoms with Gasteiger partial charge < -0.3 is 23.8 Å². The minimum absolute atomic E-state index is 0.000343. The van der Waals surface area contributed by atoms with Gasteiger partial charge in [-0.25, -0.2) is 0 Å². The fourth-order valence-electron chi connectivity index (χ4n) is 8.29. The molecule has 1 saturated heterocycles.